The van der Waals surface area contributed by atoms with E-state index in [1.54, 1.807) is 30.9 Å². The number of benzene rings is 1. The highest BCUT2D eigenvalue weighted by Crippen LogP contribution is 2.33. The van der Waals surface area contributed by atoms with Crippen LogP contribution in [0.4, 0.5) is 11.4 Å². The first-order valence-electron chi connectivity index (χ1n) is 5.90. The molecule has 0 spiro atoms. The summed E-state index contributed by atoms with van der Waals surface area (Å²) in [4.78, 5) is 11.5. The van der Waals surface area contributed by atoms with Crippen LogP contribution in [-0.2, 0) is 4.74 Å². The van der Waals surface area contributed by atoms with Crippen molar-refractivity contribution in [1.29, 1.82) is 0 Å². The number of rotatable bonds is 4. The molecule has 5 nitrogen and oxygen atoms in total. The van der Waals surface area contributed by atoms with Crippen molar-refractivity contribution in [3.8, 4) is 0 Å². The van der Waals surface area contributed by atoms with Crippen LogP contribution in [0, 0.1) is 10.1 Å². The van der Waals surface area contributed by atoms with Gasteiger partial charge in [-0.25, -0.2) is 0 Å². The van der Waals surface area contributed by atoms with Crippen LogP contribution in [0.15, 0.2) is 23.1 Å². The molecular formula is C12H16N2O3S. The summed E-state index contributed by atoms with van der Waals surface area (Å²) in [5, 5.41) is 14.3. The largest absolute Gasteiger partial charge is 0.388 e. The molecule has 1 aliphatic rings. The zero-order chi connectivity index (χ0) is 13.0. The van der Waals surface area contributed by atoms with E-state index in [1.807, 2.05) is 6.07 Å². The molecule has 18 heavy (non-hydrogen) atoms. The van der Waals surface area contributed by atoms with E-state index in [0.717, 1.165) is 36.6 Å². The lowest BCUT2D eigenvalue weighted by atomic mass is 10.2. The van der Waals surface area contributed by atoms with Gasteiger partial charge in [0.15, 0.2) is 0 Å². The number of thioether (sulfide) groups is 1. The van der Waals surface area contributed by atoms with Gasteiger partial charge in [-0.3, -0.25) is 10.1 Å². The summed E-state index contributed by atoms with van der Waals surface area (Å²) >= 11 is 1.70. The molecule has 1 heterocycles. The summed E-state index contributed by atoms with van der Waals surface area (Å²) in [5.74, 6) is 0. The molecule has 1 aromatic rings. The molecule has 0 radical (unpaired) electrons. The highest BCUT2D eigenvalue weighted by Gasteiger charge is 2.17. The van der Waals surface area contributed by atoms with Gasteiger partial charge in [0.25, 0.3) is 5.69 Å². The molecule has 0 bridgehead atoms. The molecule has 0 saturated carbocycles. The Hall–Kier alpha value is -1.27. The van der Waals surface area contributed by atoms with Gasteiger partial charge in [-0.1, -0.05) is 0 Å². The van der Waals surface area contributed by atoms with Crippen molar-refractivity contribution in [3.05, 3.63) is 28.3 Å². The minimum absolute atomic E-state index is 0.136. The topological polar surface area (TPSA) is 64.4 Å². The second-order valence-corrected chi connectivity index (χ2v) is 5.53. The zero-order valence-electron chi connectivity index (χ0n) is 10.2. The minimum atomic E-state index is -0.352. The third-order valence-corrected chi connectivity index (χ3v) is 4.17. The summed E-state index contributed by atoms with van der Waals surface area (Å²) in [7, 11) is 1.77. The van der Waals surface area contributed by atoms with Gasteiger partial charge < -0.3 is 10.1 Å². The van der Waals surface area contributed by atoms with Crippen molar-refractivity contribution in [3.63, 3.8) is 0 Å². The average molecular weight is 268 g/mol. The Labute approximate surface area is 110 Å². The van der Waals surface area contributed by atoms with Crippen molar-refractivity contribution in [2.75, 3.05) is 25.6 Å². The lowest BCUT2D eigenvalue weighted by molar-refractivity contribution is -0.385. The van der Waals surface area contributed by atoms with Crippen LogP contribution in [0.1, 0.15) is 12.8 Å². The van der Waals surface area contributed by atoms with Crippen LogP contribution >= 0.6 is 11.8 Å². The molecule has 0 aliphatic carbocycles. The van der Waals surface area contributed by atoms with Gasteiger partial charge in [-0.2, -0.15) is 0 Å². The fraction of sp³-hybridized carbons (Fsp3) is 0.500. The quantitative estimate of drug-likeness (QED) is 0.672. The van der Waals surface area contributed by atoms with Crippen molar-refractivity contribution in [1.82, 2.24) is 0 Å². The van der Waals surface area contributed by atoms with E-state index in [0.29, 0.717) is 5.25 Å². The first-order chi connectivity index (χ1) is 8.69. The van der Waals surface area contributed by atoms with E-state index in [4.69, 9.17) is 4.74 Å². The van der Waals surface area contributed by atoms with Gasteiger partial charge >= 0.3 is 0 Å². The summed E-state index contributed by atoms with van der Waals surface area (Å²) in [5.41, 5.74) is 0.912. The number of non-ortho nitro benzene ring substituents is 1. The zero-order valence-corrected chi connectivity index (χ0v) is 11.0. The number of hydrogen-bond acceptors (Lipinski definition) is 5. The minimum Gasteiger partial charge on any atom is -0.388 e. The molecule has 1 N–H and O–H groups in total. The second-order valence-electron chi connectivity index (χ2n) is 4.15. The van der Waals surface area contributed by atoms with E-state index in [2.05, 4.69) is 5.32 Å². The van der Waals surface area contributed by atoms with Gasteiger partial charge in [0, 0.05) is 48.2 Å². The first kappa shape index (κ1) is 13.2. The Morgan fingerprint density at radius 2 is 2.11 bits per heavy atom. The Morgan fingerprint density at radius 1 is 1.39 bits per heavy atom. The number of hydrogen-bond donors (Lipinski definition) is 1. The molecule has 98 valence electrons. The Bertz CT molecular complexity index is 433. The third kappa shape index (κ3) is 3.36. The molecule has 1 aliphatic heterocycles. The van der Waals surface area contributed by atoms with Gasteiger partial charge in [0.2, 0.25) is 0 Å². The Morgan fingerprint density at radius 3 is 2.72 bits per heavy atom. The normalized spacial score (nSPS) is 16.5. The maximum atomic E-state index is 10.9. The summed E-state index contributed by atoms with van der Waals surface area (Å²) in [6, 6.07) is 5.14. The molecule has 0 amide bonds. The first-order valence-corrected chi connectivity index (χ1v) is 6.78. The Balaban J connectivity index is 2.15. The summed E-state index contributed by atoms with van der Waals surface area (Å²) in [6.45, 7) is 1.57. The maximum Gasteiger partial charge on any atom is 0.272 e. The number of anilines is 1. The molecule has 2 rings (SSSR count). The van der Waals surface area contributed by atoms with Crippen molar-refractivity contribution in [2.45, 2.75) is 23.0 Å². The third-order valence-electron chi connectivity index (χ3n) is 2.86. The van der Waals surface area contributed by atoms with E-state index < -0.39 is 0 Å². The number of ether oxygens (including phenoxy) is 1. The van der Waals surface area contributed by atoms with Crippen LogP contribution < -0.4 is 5.32 Å². The number of nitro groups is 1. The van der Waals surface area contributed by atoms with E-state index in [9.17, 15) is 10.1 Å². The predicted octanol–water partition coefficient (Wildman–Crippen LogP) is 2.91. The Kier molecular flexibility index (Phi) is 4.43. The van der Waals surface area contributed by atoms with Gasteiger partial charge in [-0.15, -0.1) is 11.8 Å². The van der Waals surface area contributed by atoms with Crippen LogP contribution in [0.2, 0.25) is 0 Å². The fourth-order valence-electron chi connectivity index (χ4n) is 1.89. The smallest absolute Gasteiger partial charge is 0.272 e. The summed E-state index contributed by atoms with van der Waals surface area (Å²) in [6.07, 6.45) is 2.00. The molecule has 0 unspecified atom stereocenters. The highest BCUT2D eigenvalue weighted by atomic mass is 32.2. The van der Waals surface area contributed by atoms with Crippen molar-refractivity contribution >= 4 is 23.1 Å². The standard InChI is InChI=1S/C12H16N2O3S/c1-13-9-6-10(14(15)16)8-12(7-9)18-11-2-4-17-5-3-11/h6-8,11,13H,2-5H2,1H3. The van der Waals surface area contributed by atoms with E-state index >= 15 is 0 Å². The average Bonchev–Trinajstić information content (AvgIpc) is 2.39. The van der Waals surface area contributed by atoms with Crippen LogP contribution in [-0.4, -0.2) is 30.4 Å². The number of nitrogens with zero attached hydrogens (tertiary/aromatic N) is 1. The summed E-state index contributed by atoms with van der Waals surface area (Å²) < 4.78 is 5.31. The predicted molar refractivity (Wildman–Crippen MR) is 72.3 cm³/mol. The molecule has 1 aromatic carbocycles. The van der Waals surface area contributed by atoms with E-state index in [1.165, 1.54) is 0 Å². The SMILES string of the molecule is CNc1cc(SC2CCOCC2)cc([N+](=O)[O-])c1. The maximum absolute atomic E-state index is 10.9. The van der Waals surface area contributed by atoms with Gasteiger partial charge in [0.05, 0.1) is 4.92 Å². The molecule has 1 fully saturated rings. The number of nitro benzene ring substituents is 1. The molecule has 0 atom stereocenters. The fourth-order valence-corrected chi connectivity index (χ4v) is 3.08. The lowest BCUT2D eigenvalue weighted by Gasteiger charge is -2.21. The van der Waals surface area contributed by atoms with Crippen molar-refractivity contribution in [2.24, 2.45) is 0 Å². The molecule has 0 aromatic heterocycles. The van der Waals surface area contributed by atoms with Gasteiger partial charge in [0.1, 0.15) is 0 Å². The lowest BCUT2D eigenvalue weighted by Crippen LogP contribution is -2.17. The molecule has 6 heteroatoms. The molecular weight excluding hydrogens is 252 g/mol. The van der Waals surface area contributed by atoms with Crippen LogP contribution in [0.3, 0.4) is 0 Å². The van der Waals surface area contributed by atoms with Crippen molar-refractivity contribution < 1.29 is 9.66 Å². The number of nitrogens with one attached hydrogen (secondary N) is 1. The van der Waals surface area contributed by atoms with Crippen LogP contribution in [0.25, 0.3) is 0 Å². The van der Waals surface area contributed by atoms with Crippen LogP contribution in [0.5, 0.6) is 0 Å². The monoisotopic (exact) mass is 268 g/mol. The van der Waals surface area contributed by atoms with E-state index in [-0.39, 0.29) is 10.6 Å². The van der Waals surface area contributed by atoms with Gasteiger partial charge in [-0.05, 0) is 18.9 Å². The highest BCUT2D eigenvalue weighted by molar-refractivity contribution is 8.00. The second kappa shape index (κ2) is 6.06. The molecule has 1 saturated heterocycles.